The van der Waals surface area contributed by atoms with Crippen molar-refractivity contribution in [3.05, 3.63) is 275 Å². The minimum Gasteiger partial charge on any atom is -0.494 e. The van der Waals surface area contributed by atoms with Crippen molar-refractivity contribution in [3.8, 4) is 80.6 Å². The molecule has 9 N–H and O–H groups in total. The van der Waals surface area contributed by atoms with E-state index in [2.05, 4.69) is 109 Å². The van der Waals surface area contributed by atoms with Crippen LogP contribution in [0.3, 0.4) is 0 Å². The van der Waals surface area contributed by atoms with Crippen LogP contribution in [0.4, 0.5) is 0 Å². The maximum Gasteiger partial charge on any atom is 0.298 e. The van der Waals surface area contributed by atoms with Crippen molar-refractivity contribution >= 4 is 72.7 Å². The predicted octanol–water partition coefficient (Wildman–Crippen LogP) is 15.9. The van der Waals surface area contributed by atoms with Crippen LogP contribution >= 0.6 is 0 Å². The summed E-state index contributed by atoms with van der Waals surface area (Å²) in [5.74, 6) is 5.80. The van der Waals surface area contributed by atoms with Gasteiger partial charge in [-0.15, -0.1) is 0 Å². The van der Waals surface area contributed by atoms with Gasteiger partial charge in [0.2, 0.25) is 0 Å². The zero-order valence-electron chi connectivity index (χ0n) is 60.4. The molecule has 0 amide bonds. The number of pyridine rings is 6. The third-order valence-corrected chi connectivity index (χ3v) is 17.1. The molecular weight excluding hydrogens is 1360 g/mol. The Labute approximate surface area is 619 Å². The fourth-order valence-corrected chi connectivity index (χ4v) is 11.7. The number of benzene rings is 6. The molecule has 0 unspecified atom stereocenters. The minimum atomic E-state index is 0.0347. The van der Waals surface area contributed by atoms with E-state index in [0.717, 1.165) is 186 Å². The van der Waals surface area contributed by atoms with Crippen molar-refractivity contribution in [2.24, 2.45) is 0 Å². The molecule has 0 fully saturated rings. The Balaban J connectivity index is 0.000000114. The number of nitrogens with one attached hydrogen (secondary N) is 6. The summed E-state index contributed by atoms with van der Waals surface area (Å²) in [5.41, 5.74) is 26.0. The van der Waals surface area contributed by atoms with Gasteiger partial charge in [-0.2, -0.15) is 0 Å². The van der Waals surface area contributed by atoms with Gasteiger partial charge in [0.05, 0.1) is 87.6 Å². The number of aliphatic hydroxyl groups excluding tert-OH is 3. The number of nitrogens with zero attached hydrogens (tertiary/aromatic N) is 12. The van der Waals surface area contributed by atoms with Gasteiger partial charge in [-0.05, 0) is 227 Å². The SMILES string of the molecule is COc1cccc2[nH]c(-c3cccc(C)n3)nc12.Cc1ccc2nc(-c3ncccc3C)[nH]c2c1.Cc1cccc(-c2nc3ccc(CO)cc3[nH]2)n1.Cc1cccc(-c2nc3ccc(CO)cc3[nH]2)n1.Cc1ccnc(-c2nc3ccc(CO)cc3[nH]2)c1.Cc1ccnc(-c2nc3ccc(OC=O)cc3[nH]2)c1. The number of ether oxygens (including phenoxy) is 2. The molecule has 0 aliphatic carbocycles. The molecule has 6 aromatic carbocycles. The zero-order valence-corrected chi connectivity index (χ0v) is 60.4. The van der Waals surface area contributed by atoms with Crippen LogP contribution in [0.15, 0.2) is 219 Å². The van der Waals surface area contributed by atoms with E-state index >= 15 is 0 Å². The number of rotatable bonds is 12. The Morgan fingerprint density at radius 2 is 0.741 bits per heavy atom. The van der Waals surface area contributed by atoms with Gasteiger partial charge >= 0.3 is 0 Å². The van der Waals surface area contributed by atoms with Crippen molar-refractivity contribution in [3.63, 3.8) is 0 Å². The number of carbonyl (C=O) groups is 1. The molecule has 12 aromatic heterocycles. The van der Waals surface area contributed by atoms with Gasteiger partial charge in [0.15, 0.2) is 34.9 Å². The van der Waals surface area contributed by atoms with Crippen LogP contribution in [0, 0.1) is 48.5 Å². The second-order valence-electron chi connectivity index (χ2n) is 25.4. The number of aromatic nitrogens is 18. The first-order valence-electron chi connectivity index (χ1n) is 34.5. The van der Waals surface area contributed by atoms with E-state index in [1.807, 2.05) is 211 Å². The topological polar surface area (TPSA) is 346 Å². The lowest BCUT2D eigenvalue weighted by molar-refractivity contribution is -0.120. The quantitative estimate of drug-likeness (QED) is 0.0513. The Morgan fingerprint density at radius 1 is 0.343 bits per heavy atom. The molecule has 0 bridgehead atoms. The maximum absolute atomic E-state index is 10.3. The lowest BCUT2D eigenvalue weighted by atomic mass is 10.2. The Kier molecular flexibility index (Phi) is 22.4. The van der Waals surface area contributed by atoms with Crippen LogP contribution < -0.4 is 9.47 Å². The number of hydrogen-bond acceptors (Lipinski definition) is 18. The van der Waals surface area contributed by atoms with Crippen LogP contribution in [-0.2, 0) is 24.6 Å². The van der Waals surface area contributed by atoms with E-state index in [-0.39, 0.29) is 19.8 Å². The number of aryl methyl sites for hydroxylation is 7. The van der Waals surface area contributed by atoms with Crippen molar-refractivity contribution in [1.29, 1.82) is 0 Å². The van der Waals surface area contributed by atoms with E-state index in [1.165, 1.54) is 5.56 Å². The molecule has 0 radical (unpaired) electrons. The van der Waals surface area contributed by atoms with Gasteiger partial charge in [0.25, 0.3) is 6.47 Å². The number of fused-ring (bicyclic) bond motifs is 6. The molecule has 0 aliphatic rings. The van der Waals surface area contributed by atoms with E-state index in [9.17, 15) is 4.79 Å². The summed E-state index contributed by atoms with van der Waals surface area (Å²) in [4.78, 5) is 83.1. The van der Waals surface area contributed by atoms with E-state index in [4.69, 9.17) is 24.8 Å². The Morgan fingerprint density at radius 3 is 1.19 bits per heavy atom. The van der Waals surface area contributed by atoms with E-state index < -0.39 is 0 Å². The number of imidazole rings is 6. The van der Waals surface area contributed by atoms with Crippen molar-refractivity contribution in [2.75, 3.05) is 7.11 Å². The van der Waals surface area contributed by atoms with Gasteiger partial charge in [0.1, 0.15) is 51.2 Å². The molecule has 0 atom stereocenters. The second-order valence-corrected chi connectivity index (χ2v) is 25.4. The Hall–Kier alpha value is -13.8. The normalized spacial score (nSPS) is 10.9. The van der Waals surface area contributed by atoms with Crippen LogP contribution in [0.2, 0.25) is 0 Å². The largest absolute Gasteiger partial charge is 0.494 e. The second kappa shape index (κ2) is 33.3. The first kappa shape index (κ1) is 72.5. The lowest BCUT2D eigenvalue weighted by Gasteiger charge is -1.98. The highest BCUT2D eigenvalue weighted by Gasteiger charge is 2.15. The summed E-state index contributed by atoms with van der Waals surface area (Å²) in [6, 6.07) is 63.7. The highest BCUT2D eigenvalue weighted by atomic mass is 16.5. The monoisotopic (exact) mass is 1430 g/mol. The Bertz CT molecular complexity index is 5880. The van der Waals surface area contributed by atoms with Crippen molar-refractivity contribution in [1.82, 2.24) is 89.7 Å². The predicted molar refractivity (Wildman–Crippen MR) is 420 cm³/mol. The molecule has 0 saturated heterocycles. The van der Waals surface area contributed by atoms with Gasteiger partial charge < -0.3 is 54.7 Å². The third kappa shape index (κ3) is 17.5. The zero-order chi connectivity index (χ0) is 75.2. The number of para-hydroxylation sites is 1. The number of hydrogen-bond donors (Lipinski definition) is 9. The third-order valence-electron chi connectivity index (χ3n) is 17.1. The summed E-state index contributed by atoms with van der Waals surface area (Å²) < 4.78 is 10.1. The molecule has 0 spiro atoms. The average molecular weight is 1430 g/mol. The number of H-pyrrole nitrogens is 6. The summed E-state index contributed by atoms with van der Waals surface area (Å²) in [5, 5.41) is 27.3. The summed E-state index contributed by atoms with van der Waals surface area (Å²) in [7, 11) is 1.65. The highest BCUT2D eigenvalue weighted by Crippen LogP contribution is 2.29. The molecular formula is C84H76N18O6. The van der Waals surface area contributed by atoms with Crippen LogP contribution in [-0.4, -0.2) is 119 Å². The average Bonchev–Trinajstić information content (AvgIpc) is 1.70. The lowest BCUT2D eigenvalue weighted by Crippen LogP contribution is -1.88. The number of aliphatic hydroxyl groups is 3. The van der Waals surface area contributed by atoms with Gasteiger partial charge in [-0.25, -0.2) is 44.9 Å². The molecule has 18 rings (SSSR count). The fraction of sp³-hybridized carbons (Fsp3) is 0.131. The van der Waals surface area contributed by atoms with Crippen LogP contribution in [0.1, 0.15) is 56.0 Å². The van der Waals surface area contributed by atoms with E-state index in [0.29, 0.717) is 18.0 Å². The molecule has 24 nitrogen and oxygen atoms in total. The first-order valence-corrected chi connectivity index (χ1v) is 34.5. The summed E-state index contributed by atoms with van der Waals surface area (Å²) in [6.45, 7) is 14.5. The molecule has 24 heteroatoms. The van der Waals surface area contributed by atoms with E-state index in [1.54, 1.807) is 43.9 Å². The van der Waals surface area contributed by atoms with Crippen LogP contribution in [0.5, 0.6) is 11.5 Å². The number of methoxy groups -OCH3 is 1. The van der Waals surface area contributed by atoms with Gasteiger partial charge in [-0.3, -0.25) is 19.7 Å². The molecule has 12 heterocycles. The number of carbonyl (C=O) groups excluding carboxylic acids is 1. The number of aromatic amines is 6. The molecule has 538 valence electrons. The standard InChI is InChI=1S/C14H11N3O2.4C14H13N3O.C14H13N3/c1-9-4-5-15-13(6-9)14-16-11-3-2-10(19-8-18)7-12(11)17-14;1-9-5-3-7-11(15-9)14-16-10-6-4-8-12(18-2)13(10)17-14;1-9-4-5-15-13(6-9)14-16-11-3-2-10(8-18)7-12(11)17-14;2*1-9-3-2-4-12(15-9)14-16-11-6-5-10(8-18)7-13(11)17-14;1-9-5-6-11-12(8-9)17-14(16-11)13-10(2)4-3-7-15-13/h2-8H,1H3,(H,16,17);3-8H,1-2H3,(H,16,17);3*2-7,18H,8H2,1H3,(H,16,17);3-8H,1-2H3,(H,16,17). The summed E-state index contributed by atoms with van der Waals surface area (Å²) in [6.07, 6.45) is 5.32. The van der Waals surface area contributed by atoms with Gasteiger partial charge in [-0.1, -0.05) is 54.6 Å². The summed E-state index contributed by atoms with van der Waals surface area (Å²) >= 11 is 0. The van der Waals surface area contributed by atoms with Crippen LogP contribution in [0.25, 0.3) is 135 Å². The fourth-order valence-electron chi connectivity index (χ4n) is 11.7. The molecule has 108 heavy (non-hydrogen) atoms. The first-order chi connectivity index (χ1) is 52.5. The molecule has 0 aliphatic heterocycles. The highest BCUT2D eigenvalue weighted by molar-refractivity contribution is 5.86. The maximum atomic E-state index is 10.3. The van der Waals surface area contributed by atoms with Crippen molar-refractivity contribution in [2.45, 2.75) is 68.3 Å². The smallest absolute Gasteiger partial charge is 0.298 e. The molecule has 18 aromatic rings. The minimum absolute atomic E-state index is 0.0347. The van der Waals surface area contributed by atoms with Crippen molar-refractivity contribution < 1.29 is 29.6 Å². The van der Waals surface area contributed by atoms with Gasteiger partial charge in [0, 0.05) is 41.7 Å². The molecule has 0 saturated carbocycles.